The normalized spacial score (nSPS) is 5.00. The molecule has 0 N–H and O–H groups in total. The summed E-state index contributed by atoms with van der Waals surface area (Å²) in [7, 11) is 0. The molecule has 0 aromatic heterocycles. The Bertz CT molecular complexity index is 32.6. The van der Waals surface area contributed by atoms with Crippen LogP contribution in [0.3, 0.4) is 0 Å². The van der Waals surface area contributed by atoms with E-state index in [2.05, 4.69) is 0 Å². The molecule has 0 spiro atoms. The molecular weight excluding hydrogens is 88.0 g/mol. The van der Waals surface area contributed by atoms with E-state index in [0.717, 1.165) is 0 Å². The number of nitro groups is 1. The summed E-state index contributed by atoms with van der Waals surface area (Å²) in [5, 5.41) is 6.14. The molecule has 0 unspecified atom stereocenters. The van der Waals surface area contributed by atoms with Crippen LogP contribution in [0, 0.1) is 10.1 Å². The predicted molar refractivity (Wildman–Crippen MR) is 13.9 cm³/mol. The smallest absolute Gasteiger partial charge is 0.219 e. The van der Waals surface area contributed by atoms with Crippen molar-refractivity contribution < 1.29 is 9.63 Å². The van der Waals surface area contributed by atoms with E-state index in [1.807, 2.05) is 0 Å². The van der Waals surface area contributed by atoms with Crippen LogP contribution in [0.15, 0.2) is 0 Å². The molecule has 25 valence electrons. The first-order chi connectivity index (χ1) is 1.73. The SMILES string of the molecule is O=[N+]([O-])F.[Na]. The van der Waals surface area contributed by atoms with E-state index in [0.29, 0.717) is 0 Å². The largest absolute Gasteiger partial charge is 0.279 e. The predicted octanol–water partition coefficient (Wildman–Crippen LogP) is -0.233. The molecule has 0 amide bonds. The molecule has 3 nitrogen and oxygen atoms in total. The van der Waals surface area contributed by atoms with Crippen LogP contribution in [0.25, 0.3) is 0 Å². The third kappa shape index (κ3) is 216. The zero-order valence-corrected chi connectivity index (χ0v) is 4.64. The average Bonchev–Trinajstić information content (AvgIpc) is 0.811. The topological polar surface area (TPSA) is 43.1 Å². The van der Waals surface area contributed by atoms with Crippen molar-refractivity contribution in [3.05, 3.63) is 10.1 Å². The Labute approximate surface area is 49.5 Å². The van der Waals surface area contributed by atoms with E-state index in [1.165, 1.54) is 0 Å². The Morgan fingerprint density at radius 1 is 1.80 bits per heavy atom. The van der Waals surface area contributed by atoms with Gasteiger partial charge in [0.2, 0.25) is 0 Å². The molecule has 0 heterocycles. The molecule has 0 fully saturated rings. The maximum atomic E-state index is 9.72. The average molecular weight is 88.0 g/mol. The van der Waals surface area contributed by atoms with Crippen LogP contribution in [-0.2, 0) is 0 Å². The first-order valence-electron chi connectivity index (χ1n) is 0.534. The van der Waals surface area contributed by atoms with Crippen molar-refractivity contribution in [2.24, 2.45) is 0 Å². The van der Waals surface area contributed by atoms with Gasteiger partial charge in [-0.1, -0.05) is 0 Å². The molecule has 0 bridgehead atoms. The van der Waals surface area contributed by atoms with Crippen molar-refractivity contribution in [1.82, 2.24) is 0 Å². The van der Waals surface area contributed by atoms with Gasteiger partial charge in [-0.05, 0) is 0 Å². The Hall–Kier alpha value is 0.330. The fourth-order valence-electron chi connectivity index (χ4n) is 0. The summed E-state index contributed by atoms with van der Waals surface area (Å²) in [4.78, 5) is 8.14. The van der Waals surface area contributed by atoms with Crippen molar-refractivity contribution in [3.63, 3.8) is 0 Å². The van der Waals surface area contributed by atoms with Crippen molar-refractivity contribution in [2.45, 2.75) is 0 Å². The summed E-state index contributed by atoms with van der Waals surface area (Å²) in [6.07, 6.45) is 0. The second-order valence-electron chi connectivity index (χ2n) is 0.213. The quantitative estimate of drug-likeness (QED) is 0.177. The molecule has 0 saturated carbocycles. The van der Waals surface area contributed by atoms with Crippen LogP contribution in [0.4, 0.5) is 4.48 Å². The van der Waals surface area contributed by atoms with E-state index in [9.17, 15) is 4.48 Å². The summed E-state index contributed by atoms with van der Waals surface area (Å²) in [6.45, 7) is 0. The maximum Gasteiger partial charge on any atom is 0.279 e. The van der Waals surface area contributed by atoms with Crippen LogP contribution >= 0.6 is 0 Å². The molecule has 0 aromatic rings. The van der Waals surface area contributed by atoms with Gasteiger partial charge in [0, 0.05) is 29.6 Å². The minimum atomic E-state index is -2.00. The van der Waals surface area contributed by atoms with E-state index in [1.54, 1.807) is 0 Å². The minimum absolute atomic E-state index is 0. The van der Waals surface area contributed by atoms with Crippen molar-refractivity contribution in [2.75, 3.05) is 0 Å². The second kappa shape index (κ2) is 4.33. The number of hydrogen-bond acceptors (Lipinski definition) is 2. The molecule has 0 rings (SSSR count). The van der Waals surface area contributed by atoms with Gasteiger partial charge in [-0.2, -0.15) is 0 Å². The number of nitrogens with zero attached hydrogens (tertiary/aromatic N) is 1. The van der Waals surface area contributed by atoms with Gasteiger partial charge in [0.1, 0.15) is 0 Å². The fourth-order valence-corrected chi connectivity index (χ4v) is 0. The molecule has 0 saturated heterocycles. The summed E-state index contributed by atoms with van der Waals surface area (Å²) in [5.41, 5.74) is 0. The Balaban J connectivity index is 0. The maximum absolute atomic E-state index is 9.72. The number of halogens is 1. The van der Waals surface area contributed by atoms with Gasteiger partial charge in [0.25, 0.3) is 5.15 Å². The summed E-state index contributed by atoms with van der Waals surface area (Å²) in [5.74, 6) is 0. The van der Waals surface area contributed by atoms with Gasteiger partial charge in [-0.3, -0.25) is 0 Å². The molecule has 0 aliphatic carbocycles. The molecule has 0 aliphatic heterocycles. The summed E-state index contributed by atoms with van der Waals surface area (Å²) < 4.78 is 9.72. The number of rotatable bonds is 0. The third-order valence-corrected chi connectivity index (χ3v) is 0. The monoisotopic (exact) mass is 88.0 g/mol. The zero-order chi connectivity index (χ0) is 3.58. The first-order valence-corrected chi connectivity index (χ1v) is 0.534. The van der Waals surface area contributed by atoms with Crippen molar-refractivity contribution in [1.29, 1.82) is 0 Å². The molecular formula is FNNaO2. The fraction of sp³-hybridized carbons (Fsp3) is 0. The Morgan fingerprint density at radius 2 is 1.80 bits per heavy atom. The minimum Gasteiger partial charge on any atom is -0.219 e. The Kier molecular flexibility index (Phi) is 7.80. The van der Waals surface area contributed by atoms with Crippen LogP contribution in [0.5, 0.6) is 0 Å². The zero-order valence-electron chi connectivity index (χ0n) is 2.64. The second-order valence-corrected chi connectivity index (χ2v) is 0.213. The summed E-state index contributed by atoms with van der Waals surface area (Å²) >= 11 is 0. The van der Waals surface area contributed by atoms with Gasteiger partial charge in [0.15, 0.2) is 4.48 Å². The van der Waals surface area contributed by atoms with E-state index >= 15 is 0 Å². The van der Waals surface area contributed by atoms with Crippen LogP contribution in [0.1, 0.15) is 0 Å². The summed E-state index contributed by atoms with van der Waals surface area (Å²) in [6, 6.07) is 0. The standard InChI is InChI=1S/FNO2.Na/c1-2(3)4;. The van der Waals surface area contributed by atoms with Crippen molar-refractivity contribution in [3.8, 4) is 0 Å². The van der Waals surface area contributed by atoms with Gasteiger partial charge >= 0.3 is 0 Å². The van der Waals surface area contributed by atoms with Gasteiger partial charge in [-0.25, -0.2) is 10.1 Å². The first kappa shape index (κ1) is 9.01. The molecule has 0 aliphatic rings. The van der Waals surface area contributed by atoms with Crippen molar-refractivity contribution >= 4 is 29.6 Å². The molecule has 0 atom stereocenters. The molecule has 1 radical (unpaired) electrons. The third-order valence-electron chi connectivity index (χ3n) is 0. The number of hydrogen-bond donors (Lipinski definition) is 0. The van der Waals surface area contributed by atoms with Gasteiger partial charge in [0.05, 0.1) is 0 Å². The van der Waals surface area contributed by atoms with E-state index < -0.39 is 5.15 Å². The van der Waals surface area contributed by atoms with Crippen LogP contribution in [0.2, 0.25) is 0 Å². The van der Waals surface area contributed by atoms with E-state index in [4.69, 9.17) is 10.1 Å². The molecule has 0 aromatic carbocycles. The molecule has 5 heavy (non-hydrogen) atoms. The van der Waals surface area contributed by atoms with Crippen LogP contribution < -0.4 is 0 Å². The van der Waals surface area contributed by atoms with Gasteiger partial charge in [-0.15, -0.1) is 0 Å². The Morgan fingerprint density at radius 3 is 1.80 bits per heavy atom. The van der Waals surface area contributed by atoms with E-state index in [-0.39, 0.29) is 29.6 Å². The molecule has 5 heteroatoms. The van der Waals surface area contributed by atoms with Gasteiger partial charge < -0.3 is 0 Å². The van der Waals surface area contributed by atoms with Crippen LogP contribution in [-0.4, -0.2) is 34.7 Å².